The zero-order valence-electron chi connectivity index (χ0n) is 12.1. The smallest absolute Gasteiger partial charge is 0.328 e. The van der Waals surface area contributed by atoms with E-state index in [0.29, 0.717) is 5.69 Å². The lowest BCUT2D eigenvalue weighted by atomic mass is 10.1. The number of aliphatic carboxylic acids is 1. The Morgan fingerprint density at radius 2 is 1.86 bits per heavy atom. The van der Waals surface area contributed by atoms with Crippen molar-refractivity contribution in [3.05, 3.63) is 47.3 Å². The largest absolute Gasteiger partial charge is 0.480 e. The number of nitrogens with one attached hydrogen (secondary N) is 1. The highest BCUT2D eigenvalue weighted by Gasteiger charge is 2.21. The van der Waals surface area contributed by atoms with Gasteiger partial charge >= 0.3 is 5.97 Å². The van der Waals surface area contributed by atoms with Crippen LogP contribution in [0, 0.1) is 13.8 Å². The summed E-state index contributed by atoms with van der Waals surface area (Å²) >= 11 is 0. The molecule has 0 radical (unpaired) electrons. The highest BCUT2D eigenvalue weighted by Crippen LogP contribution is 2.16. The monoisotopic (exact) mass is 287 g/mol. The van der Waals surface area contributed by atoms with E-state index in [4.69, 9.17) is 5.11 Å². The Labute approximate surface area is 122 Å². The number of nitrogens with zero attached hydrogens (tertiary/aromatic N) is 2. The number of benzene rings is 1. The van der Waals surface area contributed by atoms with Gasteiger partial charge in [-0.25, -0.2) is 9.48 Å². The Bertz CT molecular complexity index is 671. The third kappa shape index (κ3) is 3.28. The molecule has 0 saturated heterocycles. The van der Waals surface area contributed by atoms with Crippen LogP contribution in [0.2, 0.25) is 0 Å². The average molecular weight is 287 g/mol. The third-order valence-electron chi connectivity index (χ3n) is 3.11. The van der Waals surface area contributed by atoms with Crippen molar-refractivity contribution in [3.63, 3.8) is 0 Å². The first kappa shape index (κ1) is 14.8. The molecule has 0 saturated carbocycles. The number of carbonyl (C=O) groups excluding carboxylic acids is 1. The van der Waals surface area contributed by atoms with E-state index in [0.717, 1.165) is 11.1 Å². The number of carbonyl (C=O) groups is 2. The van der Waals surface area contributed by atoms with E-state index in [1.807, 2.05) is 32.0 Å². The topological polar surface area (TPSA) is 84.2 Å². The van der Waals surface area contributed by atoms with Crippen molar-refractivity contribution in [1.82, 2.24) is 9.78 Å². The second-order valence-electron chi connectivity index (χ2n) is 5.01. The van der Waals surface area contributed by atoms with Crippen molar-refractivity contribution in [1.29, 1.82) is 0 Å². The van der Waals surface area contributed by atoms with Crippen LogP contribution in [-0.4, -0.2) is 26.8 Å². The highest BCUT2D eigenvalue weighted by atomic mass is 16.4. The quantitative estimate of drug-likeness (QED) is 0.904. The van der Waals surface area contributed by atoms with Crippen LogP contribution < -0.4 is 5.32 Å². The second kappa shape index (κ2) is 5.78. The van der Waals surface area contributed by atoms with Gasteiger partial charge in [0.25, 0.3) is 5.91 Å². The highest BCUT2D eigenvalue weighted by molar-refractivity contribution is 6.03. The fourth-order valence-corrected chi connectivity index (χ4v) is 2.15. The van der Waals surface area contributed by atoms with E-state index in [2.05, 4.69) is 10.4 Å². The van der Waals surface area contributed by atoms with Crippen molar-refractivity contribution in [2.75, 3.05) is 5.32 Å². The molecule has 1 unspecified atom stereocenters. The maximum Gasteiger partial charge on any atom is 0.328 e. The Hall–Kier alpha value is -2.63. The van der Waals surface area contributed by atoms with Crippen LogP contribution in [0.1, 0.15) is 34.6 Å². The van der Waals surface area contributed by atoms with Gasteiger partial charge in [-0.05, 0) is 50.1 Å². The van der Waals surface area contributed by atoms with Gasteiger partial charge in [0, 0.05) is 11.9 Å². The second-order valence-corrected chi connectivity index (χ2v) is 5.01. The first-order valence-corrected chi connectivity index (χ1v) is 6.54. The molecule has 2 N–H and O–H groups in total. The number of amides is 1. The van der Waals surface area contributed by atoms with Gasteiger partial charge in [-0.2, -0.15) is 5.10 Å². The molecule has 1 aromatic heterocycles. The molecule has 1 amide bonds. The number of rotatable bonds is 4. The summed E-state index contributed by atoms with van der Waals surface area (Å²) in [5, 5.41) is 15.7. The standard InChI is InChI=1S/C15H17N3O3/c1-9-6-10(2)8-12(7-9)17-14(19)13-4-5-16-18(13)11(3)15(20)21/h4-8,11H,1-3H3,(H,17,19)(H,20,21). The van der Waals surface area contributed by atoms with Crippen molar-refractivity contribution in [2.24, 2.45) is 0 Å². The number of carboxylic acids is 1. The van der Waals surface area contributed by atoms with Crippen LogP contribution in [0.25, 0.3) is 0 Å². The zero-order valence-corrected chi connectivity index (χ0v) is 12.1. The van der Waals surface area contributed by atoms with Crippen molar-refractivity contribution < 1.29 is 14.7 Å². The predicted octanol–water partition coefficient (Wildman–Crippen LogP) is 2.40. The third-order valence-corrected chi connectivity index (χ3v) is 3.11. The minimum Gasteiger partial charge on any atom is -0.480 e. The van der Waals surface area contributed by atoms with Gasteiger partial charge in [-0.1, -0.05) is 6.07 Å². The number of hydrogen-bond donors (Lipinski definition) is 2. The van der Waals surface area contributed by atoms with Gasteiger partial charge in [-0.15, -0.1) is 0 Å². The molecule has 110 valence electrons. The van der Waals surface area contributed by atoms with Crippen molar-refractivity contribution in [3.8, 4) is 0 Å². The van der Waals surface area contributed by atoms with E-state index < -0.39 is 12.0 Å². The molecule has 1 atom stereocenters. The Balaban J connectivity index is 2.25. The Morgan fingerprint density at radius 3 is 2.43 bits per heavy atom. The number of aromatic nitrogens is 2. The van der Waals surface area contributed by atoms with E-state index >= 15 is 0 Å². The Morgan fingerprint density at radius 1 is 1.24 bits per heavy atom. The molecule has 0 aliphatic carbocycles. The van der Waals surface area contributed by atoms with Crippen molar-refractivity contribution in [2.45, 2.75) is 26.8 Å². The summed E-state index contributed by atoms with van der Waals surface area (Å²) in [6, 6.07) is 6.31. The molecule has 1 heterocycles. The fourth-order valence-electron chi connectivity index (χ4n) is 2.15. The van der Waals surface area contributed by atoms with Crippen LogP contribution >= 0.6 is 0 Å². The van der Waals surface area contributed by atoms with Crippen LogP contribution in [-0.2, 0) is 4.79 Å². The molecule has 0 aliphatic heterocycles. The normalized spacial score (nSPS) is 12.0. The van der Waals surface area contributed by atoms with Crippen LogP contribution in [0.15, 0.2) is 30.5 Å². The van der Waals surface area contributed by atoms with Gasteiger partial charge in [0.2, 0.25) is 0 Å². The van der Waals surface area contributed by atoms with Crippen LogP contribution in [0.3, 0.4) is 0 Å². The molecule has 6 nitrogen and oxygen atoms in total. The first-order valence-electron chi connectivity index (χ1n) is 6.54. The molecule has 2 rings (SSSR count). The number of anilines is 1. The maximum absolute atomic E-state index is 12.3. The zero-order chi connectivity index (χ0) is 15.6. The van der Waals surface area contributed by atoms with E-state index in [1.54, 1.807) is 0 Å². The molecule has 0 spiro atoms. The molecule has 6 heteroatoms. The molecule has 2 aromatic rings. The minimum atomic E-state index is -1.04. The lowest BCUT2D eigenvalue weighted by Crippen LogP contribution is -2.24. The summed E-state index contributed by atoms with van der Waals surface area (Å²) < 4.78 is 1.19. The molecule has 0 bridgehead atoms. The predicted molar refractivity (Wildman–Crippen MR) is 78.4 cm³/mol. The van der Waals surface area contributed by atoms with E-state index in [9.17, 15) is 9.59 Å². The summed E-state index contributed by atoms with van der Waals surface area (Å²) in [5.74, 6) is -1.43. The molecule has 1 aromatic carbocycles. The molecular formula is C15H17N3O3. The molecular weight excluding hydrogens is 270 g/mol. The summed E-state index contributed by atoms with van der Waals surface area (Å²) in [6.07, 6.45) is 1.41. The fraction of sp³-hybridized carbons (Fsp3) is 0.267. The van der Waals surface area contributed by atoms with Gasteiger partial charge in [-0.3, -0.25) is 4.79 Å². The van der Waals surface area contributed by atoms with Gasteiger partial charge in [0.15, 0.2) is 0 Å². The average Bonchev–Trinajstić information content (AvgIpc) is 2.85. The number of aryl methyl sites for hydroxylation is 2. The molecule has 0 aliphatic rings. The van der Waals surface area contributed by atoms with Gasteiger partial charge in [0.05, 0.1) is 0 Å². The van der Waals surface area contributed by atoms with E-state index in [-0.39, 0.29) is 11.6 Å². The lowest BCUT2D eigenvalue weighted by Gasteiger charge is -2.12. The van der Waals surface area contributed by atoms with E-state index in [1.165, 1.54) is 23.9 Å². The summed E-state index contributed by atoms with van der Waals surface area (Å²) in [6.45, 7) is 5.36. The maximum atomic E-state index is 12.3. The summed E-state index contributed by atoms with van der Waals surface area (Å²) in [5.41, 5.74) is 2.97. The molecule has 0 fully saturated rings. The Kier molecular flexibility index (Phi) is 4.07. The minimum absolute atomic E-state index is 0.212. The van der Waals surface area contributed by atoms with Crippen LogP contribution in [0.5, 0.6) is 0 Å². The number of carboxylic acid groups (broad SMARTS) is 1. The SMILES string of the molecule is Cc1cc(C)cc(NC(=O)c2ccnn2C(C)C(=O)O)c1. The molecule has 21 heavy (non-hydrogen) atoms. The summed E-state index contributed by atoms with van der Waals surface area (Å²) in [7, 11) is 0. The number of hydrogen-bond acceptors (Lipinski definition) is 3. The summed E-state index contributed by atoms with van der Waals surface area (Å²) in [4.78, 5) is 23.3. The van der Waals surface area contributed by atoms with Gasteiger partial charge < -0.3 is 10.4 Å². The van der Waals surface area contributed by atoms with Crippen LogP contribution in [0.4, 0.5) is 5.69 Å². The first-order chi connectivity index (χ1) is 9.88. The lowest BCUT2D eigenvalue weighted by molar-refractivity contribution is -0.140. The van der Waals surface area contributed by atoms with Gasteiger partial charge in [0.1, 0.15) is 11.7 Å². The van der Waals surface area contributed by atoms with Crippen molar-refractivity contribution >= 4 is 17.6 Å².